The fraction of sp³-hybridized carbons (Fsp3) is 0.375. The Balaban J connectivity index is 1.33. The summed E-state index contributed by atoms with van der Waals surface area (Å²) < 4.78 is 35.7. The third-order valence-corrected chi connectivity index (χ3v) is 8.84. The minimum absolute atomic E-state index is 0.307. The summed E-state index contributed by atoms with van der Waals surface area (Å²) in [6.45, 7) is 3.94. The summed E-state index contributed by atoms with van der Waals surface area (Å²) in [4.78, 5) is 5.05. The van der Waals surface area contributed by atoms with Gasteiger partial charge in [-0.1, -0.05) is 48.5 Å². The van der Waals surface area contributed by atoms with E-state index in [1.807, 2.05) is 43.3 Å². The number of piperidine rings is 1. The molecule has 0 unspecified atom stereocenters. The second kappa shape index (κ2) is 9.89. The predicted octanol–water partition coefficient (Wildman–Crippen LogP) is 4.50. The van der Waals surface area contributed by atoms with E-state index >= 15 is 0 Å². The van der Waals surface area contributed by atoms with Crippen LogP contribution in [0.3, 0.4) is 0 Å². The van der Waals surface area contributed by atoms with Crippen LogP contribution in [0.4, 0.5) is 0 Å². The molecule has 178 valence electrons. The zero-order valence-corrected chi connectivity index (χ0v) is 20.7. The lowest BCUT2D eigenvalue weighted by Crippen LogP contribution is -2.35. The second-order valence-corrected chi connectivity index (χ2v) is 11.2. The summed E-state index contributed by atoms with van der Waals surface area (Å²) >= 11 is 1.51. The van der Waals surface area contributed by atoms with E-state index in [2.05, 4.69) is 14.8 Å². The van der Waals surface area contributed by atoms with Gasteiger partial charge in [0.15, 0.2) is 5.16 Å². The maximum atomic E-state index is 13.1. The standard InChI is InChI=1S/C24H27N5O3S2/c1-2-29-21-12-11-19(34(30,31)28-13-7-4-8-14-28)16-20(21)25-24(29)33-17-23-27-26-22(32-23)15-18-9-5-3-6-10-18/h3,5-6,9-12,16H,2,4,7-8,13-15,17H2,1H3. The molecule has 0 spiro atoms. The number of imidazole rings is 1. The topological polar surface area (TPSA) is 94.1 Å². The Labute approximate surface area is 203 Å². The molecular weight excluding hydrogens is 470 g/mol. The van der Waals surface area contributed by atoms with Crippen molar-refractivity contribution in [2.45, 2.75) is 55.0 Å². The van der Waals surface area contributed by atoms with Gasteiger partial charge in [0.25, 0.3) is 0 Å². The number of aryl methyl sites for hydroxylation is 1. The van der Waals surface area contributed by atoms with Crippen LogP contribution in [0.1, 0.15) is 43.5 Å². The SMILES string of the molecule is CCn1c(SCc2nnc(Cc3ccccc3)o2)nc2cc(S(=O)(=O)N3CCCCC3)ccc21. The molecule has 3 heterocycles. The van der Waals surface area contributed by atoms with Gasteiger partial charge in [-0.3, -0.25) is 0 Å². The molecule has 8 nitrogen and oxygen atoms in total. The van der Waals surface area contributed by atoms with Crippen molar-refractivity contribution in [2.75, 3.05) is 13.1 Å². The first-order chi connectivity index (χ1) is 16.5. The van der Waals surface area contributed by atoms with Crippen molar-refractivity contribution < 1.29 is 12.8 Å². The van der Waals surface area contributed by atoms with Gasteiger partial charge in [-0.2, -0.15) is 4.31 Å². The summed E-state index contributed by atoms with van der Waals surface area (Å²) in [5.74, 6) is 1.61. The molecular formula is C24H27N5O3S2. The number of sulfonamides is 1. The van der Waals surface area contributed by atoms with Crippen LogP contribution in [0, 0.1) is 0 Å². The van der Waals surface area contributed by atoms with Crippen molar-refractivity contribution in [3.63, 3.8) is 0 Å². The van der Waals surface area contributed by atoms with Crippen LogP contribution in [0.5, 0.6) is 0 Å². The Hall–Kier alpha value is -2.69. The summed E-state index contributed by atoms with van der Waals surface area (Å²) in [7, 11) is -3.50. The smallest absolute Gasteiger partial charge is 0.243 e. The quantitative estimate of drug-likeness (QED) is 0.331. The Kier molecular flexibility index (Phi) is 6.71. The number of thioether (sulfide) groups is 1. The number of aromatic nitrogens is 4. The van der Waals surface area contributed by atoms with Crippen molar-refractivity contribution in [2.24, 2.45) is 0 Å². The van der Waals surface area contributed by atoms with E-state index in [4.69, 9.17) is 9.40 Å². The van der Waals surface area contributed by atoms with Gasteiger partial charge in [-0.25, -0.2) is 13.4 Å². The molecule has 1 fully saturated rings. The fourth-order valence-corrected chi connectivity index (χ4v) is 6.69. The normalized spacial score (nSPS) is 15.2. The minimum Gasteiger partial charge on any atom is -0.424 e. The summed E-state index contributed by atoms with van der Waals surface area (Å²) in [6.07, 6.45) is 3.51. The molecule has 0 amide bonds. The molecule has 0 atom stereocenters. The van der Waals surface area contributed by atoms with Crippen molar-refractivity contribution in [1.29, 1.82) is 0 Å². The highest BCUT2D eigenvalue weighted by molar-refractivity contribution is 7.98. The number of fused-ring (bicyclic) bond motifs is 1. The molecule has 1 saturated heterocycles. The Morgan fingerprint density at radius 2 is 1.76 bits per heavy atom. The van der Waals surface area contributed by atoms with E-state index in [1.165, 1.54) is 11.8 Å². The highest BCUT2D eigenvalue weighted by atomic mass is 32.2. The average molecular weight is 498 g/mol. The molecule has 1 aliphatic rings. The van der Waals surface area contributed by atoms with E-state index in [0.717, 1.165) is 42.0 Å². The lowest BCUT2D eigenvalue weighted by atomic mass is 10.2. The number of nitrogens with zero attached hydrogens (tertiary/aromatic N) is 5. The Bertz CT molecular complexity index is 1380. The van der Waals surface area contributed by atoms with E-state index in [9.17, 15) is 8.42 Å². The van der Waals surface area contributed by atoms with Crippen molar-refractivity contribution in [1.82, 2.24) is 24.1 Å². The number of hydrogen-bond donors (Lipinski definition) is 0. The highest BCUT2D eigenvalue weighted by Gasteiger charge is 2.26. The van der Waals surface area contributed by atoms with Gasteiger partial charge in [0.2, 0.25) is 21.8 Å². The molecule has 0 N–H and O–H groups in total. The lowest BCUT2D eigenvalue weighted by molar-refractivity contribution is 0.346. The molecule has 10 heteroatoms. The molecule has 0 aliphatic carbocycles. The van der Waals surface area contributed by atoms with Crippen molar-refractivity contribution >= 4 is 32.8 Å². The Morgan fingerprint density at radius 3 is 2.53 bits per heavy atom. The lowest BCUT2D eigenvalue weighted by Gasteiger charge is -2.25. The largest absolute Gasteiger partial charge is 0.424 e. The van der Waals surface area contributed by atoms with Crippen LogP contribution in [-0.2, 0) is 28.7 Å². The van der Waals surface area contributed by atoms with Gasteiger partial charge in [0, 0.05) is 19.6 Å². The molecule has 2 aromatic heterocycles. The zero-order valence-electron chi connectivity index (χ0n) is 19.1. The number of rotatable bonds is 8. The van der Waals surface area contributed by atoms with E-state index in [1.54, 1.807) is 16.4 Å². The van der Waals surface area contributed by atoms with Crippen LogP contribution in [0.2, 0.25) is 0 Å². The fourth-order valence-electron chi connectivity index (χ4n) is 4.23. The van der Waals surface area contributed by atoms with Crippen LogP contribution in [-0.4, -0.2) is 45.6 Å². The summed E-state index contributed by atoms with van der Waals surface area (Å²) in [6, 6.07) is 15.3. The van der Waals surface area contributed by atoms with Gasteiger partial charge < -0.3 is 8.98 Å². The molecule has 0 bridgehead atoms. The van der Waals surface area contributed by atoms with E-state index < -0.39 is 10.0 Å². The first kappa shape index (κ1) is 23.1. The van der Waals surface area contributed by atoms with Crippen molar-refractivity contribution in [3.05, 3.63) is 65.9 Å². The molecule has 0 radical (unpaired) electrons. The van der Waals surface area contributed by atoms with Crippen LogP contribution in [0.25, 0.3) is 11.0 Å². The van der Waals surface area contributed by atoms with Gasteiger partial charge in [0.05, 0.1) is 28.1 Å². The van der Waals surface area contributed by atoms with Crippen LogP contribution in [0.15, 0.2) is 63.0 Å². The molecule has 4 aromatic rings. The molecule has 2 aromatic carbocycles. The summed E-state index contributed by atoms with van der Waals surface area (Å²) in [5, 5.41) is 9.14. The molecule has 5 rings (SSSR count). The second-order valence-electron chi connectivity index (χ2n) is 8.29. The predicted molar refractivity (Wildman–Crippen MR) is 131 cm³/mol. The third-order valence-electron chi connectivity index (χ3n) is 5.99. The van der Waals surface area contributed by atoms with Gasteiger partial charge in [-0.05, 0) is 43.5 Å². The maximum Gasteiger partial charge on any atom is 0.243 e. The minimum atomic E-state index is -3.50. The van der Waals surface area contributed by atoms with E-state index in [-0.39, 0.29) is 0 Å². The first-order valence-corrected chi connectivity index (χ1v) is 14.0. The number of hydrogen-bond acceptors (Lipinski definition) is 7. The Morgan fingerprint density at radius 1 is 1.00 bits per heavy atom. The maximum absolute atomic E-state index is 13.1. The van der Waals surface area contributed by atoms with Crippen molar-refractivity contribution in [3.8, 4) is 0 Å². The zero-order chi connectivity index (χ0) is 23.5. The molecule has 0 saturated carbocycles. The monoisotopic (exact) mass is 497 g/mol. The average Bonchev–Trinajstić information content (AvgIpc) is 3.46. The molecule has 1 aliphatic heterocycles. The van der Waals surface area contributed by atoms with E-state index in [0.29, 0.717) is 47.5 Å². The van der Waals surface area contributed by atoms with Gasteiger partial charge in [-0.15, -0.1) is 10.2 Å². The third kappa shape index (κ3) is 4.75. The van der Waals surface area contributed by atoms with Crippen LogP contribution >= 0.6 is 11.8 Å². The summed E-state index contributed by atoms with van der Waals surface area (Å²) in [5.41, 5.74) is 2.71. The number of benzene rings is 2. The first-order valence-electron chi connectivity index (χ1n) is 11.5. The van der Waals surface area contributed by atoms with Gasteiger partial charge in [0.1, 0.15) is 0 Å². The van der Waals surface area contributed by atoms with Crippen LogP contribution < -0.4 is 0 Å². The van der Waals surface area contributed by atoms with Gasteiger partial charge >= 0.3 is 0 Å². The molecule has 34 heavy (non-hydrogen) atoms. The highest BCUT2D eigenvalue weighted by Crippen LogP contribution is 2.29.